The first kappa shape index (κ1) is 19.1. The molecule has 1 spiro atoms. The van der Waals surface area contributed by atoms with Crippen LogP contribution in [0.5, 0.6) is 0 Å². The molecule has 4 heteroatoms. The van der Waals surface area contributed by atoms with Crippen molar-refractivity contribution in [2.45, 2.75) is 115 Å². The number of carbonyl (C=O) groups is 1. The molecule has 5 saturated carbocycles. The van der Waals surface area contributed by atoms with E-state index in [-0.39, 0.29) is 34.6 Å². The van der Waals surface area contributed by atoms with E-state index in [2.05, 4.69) is 13.8 Å². The van der Waals surface area contributed by atoms with Crippen molar-refractivity contribution < 1.29 is 19.4 Å². The van der Waals surface area contributed by atoms with Crippen molar-refractivity contribution in [1.82, 2.24) is 0 Å². The minimum absolute atomic E-state index is 0.0313. The zero-order valence-corrected chi connectivity index (χ0v) is 18.4. The molecule has 162 valence electrons. The van der Waals surface area contributed by atoms with E-state index >= 15 is 0 Å². The first-order valence-electron chi connectivity index (χ1n) is 12.3. The maximum absolute atomic E-state index is 12.0. The van der Waals surface area contributed by atoms with Gasteiger partial charge in [0.25, 0.3) is 0 Å². The number of aliphatic hydroxyl groups is 1. The Morgan fingerprint density at radius 3 is 2.69 bits per heavy atom. The van der Waals surface area contributed by atoms with Crippen LogP contribution in [0.4, 0.5) is 0 Å². The first-order valence-corrected chi connectivity index (χ1v) is 12.3. The van der Waals surface area contributed by atoms with Crippen LogP contribution in [0.25, 0.3) is 0 Å². The quantitative estimate of drug-likeness (QED) is 0.685. The summed E-state index contributed by atoms with van der Waals surface area (Å²) >= 11 is 0. The minimum Gasteiger partial charge on any atom is -0.462 e. The highest BCUT2D eigenvalue weighted by molar-refractivity contribution is 5.69. The van der Waals surface area contributed by atoms with Crippen molar-refractivity contribution in [1.29, 1.82) is 0 Å². The van der Waals surface area contributed by atoms with Crippen molar-refractivity contribution in [3.63, 3.8) is 0 Å². The summed E-state index contributed by atoms with van der Waals surface area (Å²) in [5.41, 5.74) is -0.196. The Hall–Kier alpha value is -0.610. The van der Waals surface area contributed by atoms with Gasteiger partial charge in [-0.2, -0.15) is 0 Å². The number of esters is 1. The molecule has 7 rings (SSSR count). The van der Waals surface area contributed by atoms with Gasteiger partial charge >= 0.3 is 5.97 Å². The summed E-state index contributed by atoms with van der Waals surface area (Å²) in [7, 11) is 0. The molecule has 0 radical (unpaired) electrons. The van der Waals surface area contributed by atoms with Crippen LogP contribution in [0.1, 0.15) is 91.4 Å². The highest BCUT2D eigenvalue weighted by Gasteiger charge is 2.74. The Bertz CT molecular complexity index is 736. The summed E-state index contributed by atoms with van der Waals surface area (Å²) in [6, 6.07) is 0. The lowest BCUT2D eigenvalue weighted by Crippen LogP contribution is -2.75. The Kier molecular flexibility index (Phi) is 3.82. The lowest BCUT2D eigenvalue weighted by molar-refractivity contribution is -0.361. The molecule has 7 aliphatic rings. The summed E-state index contributed by atoms with van der Waals surface area (Å²) in [4.78, 5) is 12.0. The molecule has 5 aliphatic carbocycles. The number of ether oxygens (including phenoxy) is 2. The SMILES string of the molecule is CCC(=O)O[C@@H]1CC[C@@H]2[C@H]3CCC45C[C@@]6(O)C[C@@H](C[C@@H](C6)[C@@]4(C)[C@@H]3CC[C@]21C)O5. The molecule has 2 saturated heterocycles. The highest BCUT2D eigenvalue weighted by atomic mass is 16.5. The summed E-state index contributed by atoms with van der Waals surface area (Å²) in [5.74, 6) is 2.68. The second-order valence-electron chi connectivity index (χ2n) is 12.1. The first-order chi connectivity index (χ1) is 13.7. The van der Waals surface area contributed by atoms with Gasteiger partial charge in [-0.1, -0.05) is 20.8 Å². The van der Waals surface area contributed by atoms with Crippen molar-refractivity contribution in [2.24, 2.45) is 34.5 Å². The second kappa shape index (κ2) is 5.79. The molecule has 10 atom stereocenters. The molecule has 2 aliphatic heterocycles. The van der Waals surface area contributed by atoms with Gasteiger partial charge in [-0.25, -0.2) is 0 Å². The molecular weight excluding hydrogens is 364 g/mol. The topological polar surface area (TPSA) is 55.8 Å². The maximum Gasteiger partial charge on any atom is 0.305 e. The Balaban J connectivity index is 1.32. The van der Waals surface area contributed by atoms with Gasteiger partial charge in [-0.15, -0.1) is 0 Å². The summed E-state index contributed by atoms with van der Waals surface area (Å²) in [6.07, 6.45) is 11.8. The predicted molar refractivity (Wildman–Crippen MR) is 109 cm³/mol. The van der Waals surface area contributed by atoms with Gasteiger partial charge < -0.3 is 14.6 Å². The fourth-order valence-corrected chi connectivity index (χ4v) is 10.0. The van der Waals surface area contributed by atoms with E-state index in [1.54, 1.807) is 0 Å². The fraction of sp³-hybridized carbons (Fsp3) is 0.960. The van der Waals surface area contributed by atoms with Crippen molar-refractivity contribution in [3.8, 4) is 0 Å². The van der Waals surface area contributed by atoms with Crippen LogP contribution >= 0.6 is 0 Å². The lowest BCUT2D eigenvalue weighted by Gasteiger charge is -2.74. The second-order valence-corrected chi connectivity index (χ2v) is 12.1. The van der Waals surface area contributed by atoms with E-state index in [1.165, 1.54) is 25.7 Å². The Morgan fingerprint density at radius 1 is 1.10 bits per heavy atom. The van der Waals surface area contributed by atoms with Gasteiger partial charge in [0.1, 0.15) is 6.10 Å². The Labute approximate surface area is 175 Å². The normalized spacial score (nSPS) is 59.7. The molecular formula is C25H38O4. The molecule has 4 bridgehead atoms. The smallest absolute Gasteiger partial charge is 0.305 e. The molecule has 7 fully saturated rings. The molecule has 0 aromatic carbocycles. The van der Waals surface area contributed by atoms with Crippen LogP contribution < -0.4 is 0 Å². The molecule has 29 heavy (non-hydrogen) atoms. The lowest BCUT2D eigenvalue weighted by atomic mass is 9.37. The molecule has 0 amide bonds. The highest BCUT2D eigenvalue weighted by Crippen LogP contribution is 2.74. The van der Waals surface area contributed by atoms with E-state index in [1.807, 2.05) is 6.92 Å². The van der Waals surface area contributed by atoms with Crippen LogP contribution in [0, 0.1) is 34.5 Å². The molecule has 0 aromatic rings. The average molecular weight is 403 g/mol. The van der Waals surface area contributed by atoms with Crippen LogP contribution in [-0.2, 0) is 14.3 Å². The molecule has 4 nitrogen and oxygen atoms in total. The number of hydrogen-bond acceptors (Lipinski definition) is 4. The van der Waals surface area contributed by atoms with Crippen molar-refractivity contribution >= 4 is 5.97 Å². The zero-order chi connectivity index (χ0) is 20.2. The molecule has 1 N–H and O–H groups in total. The van der Waals surface area contributed by atoms with Crippen LogP contribution in [0.2, 0.25) is 0 Å². The van der Waals surface area contributed by atoms with Crippen LogP contribution in [-0.4, -0.2) is 34.5 Å². The van der Waals surface area contributed by atoms with Crippen molar-refractivity contribution in [3.05, 3.63) is 0 Å². The van der Waals surface area contributed by atoms with Crippen LogP contribution in [0.15, 0.2) is 0 Å². The van der Waals surface area contributed by atoms with Crippen LogP contribution in [0.3, 0.4) is 0 Å². The molecule has 1 unspecified atom stereocenters. The van der Waals surface area contributed by atoms with E-state index < -0.39 is 5.60 Å². The largest absolute Gasteiger partial charge is 0.462 e. The predicted octanol–water partition coefficient (Wildman–Crippen LogP) is 4.62. The average Bonchev–Trinajstić information content (AvgIpc) is 2.98. The van der Waals surface area contributed by atoms with Gasteiger partial charge in [0.05, 0.1) is 17.3 Å². The number of fused-ring (bicyclic) bond motifs is 3. The summed E-state index contributed by atoms with van der Waals surface area (Å²) < 4.78 is 12.8. The summed E-state index contributed by atoms with van der Waals surface area (Å²) in [5, 5.41) is 11.3. The molecule has 2 heterocycles. The number of rotatable bonds is 2. The van der Waals surface area contributed by atoms with Gasteiger partial charge in [0.15, 0.2) is 0 Å². The third-order valence-corrected chi connectivity index (χ3v) is 11.2. The number of carbonyl (C=O) groups excluding carboxylic acids is 1. The van der Waals surface area contributed by atoms with E-state index in [0.717, 1.165) is 44.4 Å². The number of hydrogen-bond donors (Lipinski definition) is 1. The van der Waals surface area contributed by atoms with Gasteiger partial charge in [0.2, 0.25) is 0 Å². The summed E-state index contributed by atoms with van der Waals surface area (Å²) in [6.45, 7) is 6.86. The maximum atomic E-state index is 12.0. The van der Waals surface area contributed by atoms with E-state index in [4.69, 9.17) is 9.47 Å². The van der Waals surface area contributed by atoms with Gasteiger partial charge in [0, 0.05) is 30.1 Å². The minimum atomic E-state index is -0.464. The third-order valence-electron chi connectivity index (χ3n) is 11.2. The van der Waals surface area contributed by atoms with E-state index in [0.29, 0.717) is 24.2 Å². The molecule has 0 aromatic heterocycles. The zero-order valence-electron chi connectivity index (χ0n) is 18.4. The van der Waals surface area contributed by atoms with Gasteiger partial charge in [-0.3, -0.25) is 4.79 Å². The Morgan fingerprint density at radius 2 is 1.93 bits per heavy atom. The van der Waals surface area contributed by atoms with Crippen molar-refractivity contribution in [2.75, 3.05) is 0 Å². The monoisotopic (exact) mass is 402 g/mol. The third kappa shape index (κ3) is 2.26. The fourth-order valence-electron chi connectivity index (χ4n) is 10.0. The van der Waals surface area contributed by atoms with Gasteiger partial charge in [-0.05, 0) is 75.0 Å². The standard InChI is InChI=1S/C25H38O4/c1-4-21(26)28-20-6-5-18-17-7-10-25-14-24(27)12-15(11-16(13-24)29-25)23(25,3)19(17)8-9-22(18,20)2/h15-20,27H,4-14H2,1-3H3/t15-,16+,17+,18+,19+,20+,22+,23-,24-,25?/m0/s1. The van der Waals surface area contributed by atoms with E-state index in [9.17, 15) is 9.90 Å².